The zero-order chi connectivity index (χ0) is 22.1. The van der Waals surface area contributed by atoms with E-state index >= 15 is 0 Å². The van der Waals surface area contributed by atoms with Crippen LogP contribution < -0.4 is 5.73 Å². The highest BCUT2D eigenvalue weighted by molar-refractivity contribution is 5.92. The van der Waals surface area contributed by atoms with Crippen LogP contribution in [0.25, 0.3) is 21.8 Å². The van der Waals surface area contributed by atoms with Gasteiger partial charge in [-0.25, -0.2) is 14.6 Å². The normalized spacial score (nSPS) is 14.3. The van der Waals surface area contributed by atoms with Crippen molar-refractivity contribution >= 4 is 33.5 Å². The van der Waals surface area contributed by atoms with E-state index in [2.05, 4.69) is 46.6 Å². The number of aromatic nitrogens is 4. The van der Waals surface area contributed by atoms with Crippen LogP contribution in [-0.4, -0.2) is 43.6 Å². The minimum absolute atomic E-state index is 0.0398. The Morgan fingerprint density at radius 3 is 2.69 bits per heavy atom. The molecule has 1 aliphatic heterocycles. The molecule has 0 aliphatic carbocycles. The molecule has 7 nitrogen and oxygen atoms in total. The van der Waals surface area contributed by atoms with Gasteiger partial charge in [0.15, 0.2) is 5.65 Å². The number of nitrogens with two attached hydrogens (primary N) is 1. The molecule has 158 valence electrons. The van der Waals surface area contributed by atoms with Crippen LogP contribution in [0.2, 0.25) is 0 Å². The molecule has 0 spiro atoms. The first-order chi connectivity index (χ1) is 15.7. The lowest BCUT2D eigenvalue weighted by Crippen LogP contribution is -2.38. The summed E-state index contributed by atoms with van der Waals surface area (Å²) in [5, 5.41) is 7.70. The van der Waals surface area contributed by atoms with Crippen LogP contribution in [0, 0.1) is 11.8 Å². The summed E-state index contributed by atoms with van der Waals surface area (Å²) in [6, 6.07) is 14.3. The maximum absolute atomic E-state index is 11.9. The Balaban J connectivity index is 1.54. The van der Waals surface area contributed by atoms with Gasteiger partial charge in [0.1, 0.15) is 17.8 Å². The number of amides is 1. The number of piperidine rings is 1. The molecule has 1 fully saturated rings. The first kappa shape index (κ1) is 19.8. The third-order valence-electron chi connectivity index (χ3n) is 5.92. The van der Waals surface area contributed by atoms with E-state index in [1.807, 2.05) is 28.9 Å². The summed E-state index contributed by atoms with van der Waals surface area (Å²) in [4.78, 5) is 22.3. The van der Waals surface area contributed by atoms with Crippen molar-refractivity contribution in [2.45, 2.75) is 18.9 Å². The number of carbonyl (C=O) groups is 1. The summed E-state index contributed by atoms with van der Waals surface area (Å²) >= 11 is 0. The largest absolute Gasteiger partial charge is 0.383 e. The highest BCUT2D eigenvalue weighted by atomic mass is 16.2. The fraction of sp³-hybridized carbons (Fsp3) is 0.200. The predicted octanol–water partition coefficient (Wildman–Crippen LogP) is 3.31. The summed E-state index contributed by atoms with van der Waals surface area (Å²) < 4.78 is 1.90. The van der Waals surface area contributed by atoms with E-state index in [4.69, 9.17) is 10.8 Å². The van der Waals surface area contributed by atoms with E-state index in [-0.39, 0.29) is 11.9 Å². The van der Waals surface area contributed by atoms with Crippen molar-refractivity contribution in [3.8, 4) is 11.8 Å². The van der Waals surface area contributed by atoms with Gasteiger partial charge in [-0.15, -0.1) is 0 Å². The highest BCUT2D eigenvalue weighted by Crippen LogP contribution is 2.29. The SMILES string of the molecule is C=CC(=O)N1CCC(n2nc(C#Cc3cccc4ccccc34)c3c(N)ncnc32)CC1. The van der Waals surface area contributed by atoms with Crippen LogP contribution in [0.5, 0.6) is 0 Å². The molecule has 0 atom stereocenters. The van der Waals surface area contributed by atoms with Gasteiger partial charge in [0.05, 0.1) is 11.4 Å². The topological polar surface area (TPSA) is 89.9 Å². The number of carbonyl (C=O) groups excluding carboxylic acids is 1. The summed E-state index contributed by atoms with van der Waals surface area (Å²) in [5.41, 5.74) is 8.37. The molecular weight excluding hydrogens is 400 g/mol. The lowest BCUT2D eigenvalue weighted by molar-refractivity contribution is -0.127. The standard InChI is InChI=1S/C25H22N6O/c1-2-22(32)30-14-12-19(13-15-30)31-25-23(24(26)27-16-28-25)21(29-31)11-10-18-8-5-7-17-6-3-4-9-20(17)18/h2-9,16,19H,1,12-15H2,(H2,26,27,28). The number of hydrogen-bond donors (Lipinski definition) is 1. The molecule has 2 N–H and O–H groups in total. The van der Waals surface area contributed by atoms with Crippen molar-refractivity contribution in [1.82, 2.24) is 24.6 Å². The quantitative estimate of drug-likeness (QED) is 0.395. The van der Waals surface area contributed by atoms with Crippen molar-refractivity contribution < 1.29 is 4.79 Å². The molecule has 1 amide bonds. The summed E-state index contributed by atoms with van der Waals surface area (Å²) in [7, 11) is 0. The van der Waals surface area contributed by atoms with Crippen molar-refractivity contribution in [3.63, 3.8) is 0 Å². The number of hydrogen-bond acceptors (Lipinski definition) is 5. The fourth-order valence-electron chi connectivity index (χ4n) is 4.26. The van der Waals surface area contributed by atoms with E-state index in [0.29, 0.717) is 35.6 Å². The molecular formula is C25H22N6O. The van der Waals surface area contributed by atoms with Crippen LogP contribution in [0.15, 0.2) is 61.4 Å². The van der Waals surface area contributed by atoms with E-state index in [9.17, 15) is 4.79 Å². The Morgan fingerprint density at radius 1 is 1.09 bits per heavy atom. The molecule has 4 aromatic rings. The molecule has 1 saturated heterocycles. The minimum Gasteiger partial charge on any atom is -0.383 e. The number of fused-ring (bicyclic) bond motifs is 2. The van der Waals surface area contributed by atoms with Gasteiger partial charge in [-0.2, -0.15) is 5.10 Å². The van der Waals surface area contributed by atoms with Gasteiger partial charge in [0.25, 0.3) is 0 Å². The van der Waals surface area contributed by atoms with Crippen molar-refractivity contribution in [2.75, 3.05) is 18.8 Å². The molecule has 7 heteroatoms. The molecule has 3 heterocycles. The number of likely N-dealkylation sites (tertiary alicyclic amines) is 1. The monoisotopic (exact) mass is 422 g/mol. The average molecular weight is 422 g/mol. The average Bonchev–Trinajstić information content (AvgIpc) is 3.22. The summed E-state index contributed by atoms with van der Waals surface area (Å²) in [5.74, 6) is 6.80. The van der Waals surface area contributed by atoms with Gasteiger partial charge in [-0.3, -0.25) is 4.79 Å². The van der Waals surface area contributed by atoms with Gasteiger partial charge in [-0.1, -0.05) is 48.9 Å². The van der Waals surface area contributed by atoms with Gasteiger partial charge >= 0.3 is 0 Å². The second kappa shape index (κ2) is 8.16. The molecule has 5 rings (SSSR count). The molecule has 2 aromatic carbocycles. The number of anilines is 1. The molecule has 1 aliphatic rings. The van der Waals surface area contributed by atoms with E-state index in [1.54, 1.807) is 4.90 Å². The summed E-state index contributed by atoms with van der Waals surface area (Å²) in [6.45, 7) is 4.87. The maximum Gasteiger partial charge on any atom is 0.245 e. The lowest BCUT2D eigenvalue weighted by atomic mass is 10.0. The van der Waals surface area contributed by atoms with Gasteiger partial charge in [0.2, 0.25) is 5.91 Å². The summed E-state index contributed by atoms with van der Waals surface area (Å²) in [6.07, 6.45) is 4.36. The number of nitrogens with zero attached hydrogens (tertiary/aromatic N) is 5. The second-order valence-corrected chi connectivity index (χ2v) is 7.79. The molecule has 0 bridgehead atoms. The van der Waals surface area contributed by atoms with Gasteiger partial charge in [0, 0.05) is 18.7 Å². The Labute approximate surface area is 185 Å². The maximum atomic E-state index is 11.9. The first-order valence-electron chi connectivity index (χ1n) is 10.6. The van der Waals surface area contributed by atoms with Crippen LogP contribution in [-0.2, 0) is 4.79 Å². The molecule has 0 saturated carbocycles. The zero-order valence-electron chi connectivity index (χ0n) is 17.5. The Kier molecular flexibility index (Phi) is 5.04. The smallest absolute Gasteiger partial charge is 0.245 e. The number of benzene rings is 2. The van der Waals surface area contributed by atoms with E-state index in [1.165, 1.54) is 12.4 Å². The van der Waals surface area contributed by atoms with Crippen molar-refractivity contribution in [1.29, 1.82) is 0 Å². The zero-order valence-corrected chi connectivity index (χ0v) is 17.5. The Bertz CT molecular complexity index is 1400. The number of rotatable bonds is 2. The van der Waals surface area contributed by atoms with Crippen LogP contribution in [0.3, 0.4) is 0 Å². The lowest BCUT2D eigenvalue weighted by Gasteiger charge is -2.31. The molecule has 0 radical (unpaired) electrons. The van der Waals surface area contributed by atoms with Crippen LogP contribution in [0.4, 0.5) is 5.82 Å². The third-order valence-corrected chi connectivity index (χ3v) is 5.92. The van der Waals surface area contributed by atoms with Crippen molar-refractivity contribution in [2.24, 2.45) is 0 Å². The van der Waals surface area contributed by atoms with Crippen LogP contribution in [0.1, 0.15) is 30.1 Å². The third kappa shape index (κ3) is 3.46. The molecule has 2 aromatic heterocycles. The van der Waals surface area contributed by atoms with E-state index < -0.39 is 0 Å². The Hall–Kier alpha value is -4.18. The predicted molar refractivity (Wildman–Crippen MR) is 125 cm³/mol. The van der Waals surface area contributed by atoms with Crippen molar-refractivity contribution in [3.05, 3.63) is 72.7 Å². The first-order valence-corrected chi connectivity index (χ1v) is 10.6. The number of nitrogen functional groups attached to an aromatic ring is 1. The molecule has 32 heavy (non-hydrogen) atoms. The van der Waals surface area contributed by atoms with E-state index in [0.717, 1.165) is 29.2 Å². The van der Waals surface area contributed by atoms with Gasteiger partial charge in [-0.05, 0) is 41.7 Å². The van der Waals surface area contributed by atoms with Gasteiger partial charge < -0.3 is 10.6 Å². The second-order valence-electron chi connectivity index (χ2n) is 7.79. The Morgan fingerprint density at radius 2 is 1.88 bits per heavy atom. The highest BCUT2D eigenvalue weighted by Gasteiger charge is 2.26. The van der Waals surface area contributed by atoms with Crippen LogP contribution >= 0.6 is 0 Å². The molecule has 0 unspecified atom stereocenters. The fourth-order valence-corrected chi connectivity index (χ4v) is 4.26. The minimum atomic E-state index is -0.0398.